The fraction of sp³-hybridized carbons (Fsp3) is 0.808. The van der Waals surface area contributed by atoms with Gasteiger partial charge in [0.1, 0.15) is 0 Å². The molecule has 0 spiro atoms. The minimum Gasteiger partial charge on any atom is -0.350 e. The number of carbonyl (C=O) groups is 3. The van der Waals surface area contributed by atoms with Crippen LogP contribution >= 0.6 is 0 Å². The van der Waals surface area contributed by atoms with E-state index < -0.39 is 0 Å². The number of hydrogen-bond acceptors (Lipinski definition) is 4. The summed E-state index contributed by atoms with van der Waals surface area (Å²) in [5.74, 6) is -0.186. The van der Waals surface area contributed by atoms with Crippen LogP contribution in [0, 0.1) is 5.92 Å². The molecular formula is C26H52N4O3. The van der Waals surface area contributed by atoms with Crippen LogP contribution in [0.2, 0.25) is 0 Å². The molecule has 3 amide bonds. The summed E-state index contributed by atoms with van der Waals surface area (Å²) in [5.41, 5.74) is 0.574. The average Bonchev–Trinajstić information content (AvgIpc) is 2.76. The quantitative estimate of drug-likeness (QED) is 0.396. The number of nitrogens with zero attached hydrogens (tertiary/aromatic N) is 2. The van der Waals surface area contributed by atoms with E-state index in [4.69, 9.17) is 0 Å². The van der Waals surface area contributed by atoms with Crippen molar-refractivity contribution in [2.75, 3.05) is 26.7 Å². The van der Waals surface area contributed by atoms with Crippen molar-refractivity contribution in [2.45, 2.75) is 106 Å². The molecule has 1 fully saturated rings. The third kappa shape index (κ3) is 16.4. The number of amides is 3. The molecule has 33 heavy (non-hydrogen) atoms. The van der Waals surface area contributed by atoms with E-state index in [1.54, 1.807) is 24.9 Å². The van der Waals surface area contributed by atoms with Gasteiger partial charge in [-0.3, -0.25) is 14.4 Å². The van der Waals surface area contributed by atoms with Crippen LogP contribution in [0.5, 0.6) is 0 Å². The zero-order valence-electron chi connectivity index (χ0n) is 23.0. The molecule has 7 nitrogen and oxygen atoms in total. The van der Waals surface area contributed by atoms with E-state index in [-0.39, 0.29) is 36.4 Å². The summed E-state index contributed by atoms with van der Waals surface area (Å²) in [6.07, 6.45) is 7.81. The molecule has 0 aromatic rings. The number of piperidine rings is 1. The molecule has 0 bridgehead atoms. The van der Waals surface area contributed by atoms with E-state index in [9.17, 15) is 14.4 Å². The highest BCUT2D eigenvalue weighted by atomic mass is 16.2. The molecule has 2 N–H and O–H groups in total. The lowest BCUT2D eigenvalue weighted by molar-refractivity contribution is -0.132. The number of hydrogen-bond donors (Lipinski definition) is 2. The SMILES string of the molecule is C/C(=C\[C@H](C(C)C)N(C)C(=O)CNC=O)C(=O)NC(C)C.CC(C)N1CCCCC1.CCC. The van der Waals surface area contributed by atoms with E-state index in [1.807, 2.05) is 27.7 Å². The molecule has 1 saturated heterocycles. The second-order valence-electron chi connectivity index (χ2n) is 9.61. The number of carbonyl (C=O) groups excluding carboxylic acids is 3. The Hall–Kier alpha value is -1.89. The van der Waals surface area contributed by atoms with Gasteiger partial charge in [0.15, 0.2) is 0 Å². The molecule has 0 radical (unpaired) electrons. The van der Waals surface area contributed by atoms with E-state index in [0.29, 0.717) is 12.0 Å². The van der Waals surface area contributed by atoms with Crippen molar-refractivity contribution in [2.24, 2.45) is 5.92 Å². The Balaban J connectivity index is 0. The Labute approximate surface area is 203 Å². The number of likely N-dealkylation sites (N-methyl/N-ethyl adjacent to an activating group) is 1. The standard InChI is InChI=1S/C15H27N3O3.C8H17N.C3H8/c1-10(2)13(18(6)14(20)8-16-9-19)7-12(5)15(21)17-11(3)4;1-8(2)9-6-4-3-5-7-9;1-3-2/h7,9-11,13H,8H2,1-6H3,(H,16,19)(H,17,21);8H,3-7H2,1-2H3;3H2,1-2H3/b12-7+;;/t13-;;/m1../s1. The van der Waals surface area contributed by atoms with Crippen molar-refractivity contribution in [3.05, 3.63) is 11.6 Å². The van der Waals surface area contributed by atoms with E-state index in [2.05, 4.69) is 43.2 Å². The van der Waals surface area contributed by atoms with Crippen molar-refractivity contribution in [1.82, 2.24) is 20.4 Å². The Morgan fingerprint density at radius 2 is 1.52 bits per heavy atom. The first-order valence-electron chi connectivity index (χ1n) is 12.6. The van der Waals surface area contributed by atoms with Gasteiger partial charge in [0.2, 0.25) is 18.2 Å². The molecule has 0 aliphatic carbocycles. The summed E-state index contributed by atoms with van der Waals surface area (Å²) in [6, 6.07) is 0.628. The minimum atomic E-state index is -0.205. The fourth-order valence-electron chi connectivity index (χ4n) is 3.31. The zero-order valence-corrected chi connectivity index (χ0v) is 23.0. The van der Waals surface area contributed by atoms with Gasteiger partial charge in [-0.25, -0.2) is 0 Å². The Morgan fingerprint density at radius 3 is 1.88 bits per heavy atom. The first kappa shape index (κ1) is 33.3. The molecule has 1 aliphatic heterocycles. The van der Waals surface area contributed by atoms with Crippen LogP contribution in [0.1, 0.15) is 88.0 Å². The third-order valence-electron chi connectivity index (χ3n) is 5.18. The minimum absolute atomic E-state index is 0.0473. The predicted octanol–water partition coefficient (Wildman–Crippen LogP) is 3.98. The van der Waals surface area contributed by atoms with Crippen LogP contribution < -0.4 is 10.6 Å². The van der Waals surface area contributed by atoms with Gasteiger partial charge in [-0.2, -0.15) is 0 Å². The lowest BCUT2D eigenvalue weighted by Gasteiger charge is -2.29. The molecule has 194 valence electrons. The molecular weight excluding hydrogens is 416 g/mol. The summed E-state index contributed by atoms with van der Waals surface area (Å²) < 4.78 is 0. The topological polar surface area (TPSA) is 81.8 Å². The Bertz CT molecular complexity index is 568. The highest BCUT2D eigenvalue weighted by molar-refractivity contribution is 5.93. The van der Waals surface area contributed by atoms with Crippen molar-refractivity contribution >= 4 is 18.2 Å². The largest absolute Gasteiger partial charge is 0.350 e. The zero-order chi connectivity index (χ0) is 26.0. The lowest BCUT2D eigenvalue weighted by Crippen LogP contribution is -2.44. The summed E-state index contributed by atoms with van der Waals surface area (Å²) >= 11 is 0. The molecule has 0 aromatic heterocycles. The fourth-order valence-corrected chi connectivity index (χ4v) is 3.31. The van der Waals surface area contributed by atoms with Gasteiger partial charge >= 0.3 is 0 Å². The van der Waals surface area contributed by atoms with Crippen LogP contribution in [0.4, 0.5) is 0 Å². The maximum absolute atomic E-state index is 12.0. The van der Waals surface area contributed by atoms with Crippen molar-refractivity contribution in [1.29, 1.82) is 0 Å². The van der Waals surface area contributed by atoms with Gasteiger partial charge in [-0.05, 0) is 66.5 Å². The van der Waals surface area contributed by atoms with Gasteiger partial charge in [0.05, 0.1) is 12.6 Å². The van der Waals surface area contributed by atoms with Crippen molar-refractivity contribution in [3.8, 4) is 0 Å². The molecule has 0 saturated carbocycles. The first-order chi connectivity index (χ1) is 15.4. The summed E-state index contributed by atoms with van der Waals surface area (Å²) in [6.45, 7) is 20.9. The van der Waals surface area contributed by atoms with Crippen LogP contribution in [-0.4, -0.2) is 72.8 Å². The maximum Gasteiger partial charge on any atom is 0.246 e. The van der Waals surface area contributed by atoms with E-state index in [1.165, 1.54) is 38.8 Å². The Kier molecular flexibility index (Phi) is 19.7. The second-order valence-corrected chi connectivity index (χ2v) is 9.61. The summed E-state index contributed by atoms with van der Waals surface area (Å²) in [7, 11) is 1.67. The smallest absolute Gasteiger partial charge is 0.246 e. The summed E-state index contributed by atoms with van der Waals surface area (Å²) in [5, 5.41) is 5.17. The molecule has 1 rings (SSSR count). The molecule has 1 aliphatic rings. The van der Waals surface area contributed by atoms with Gasteiger partial charge in [-0.1, -0.05) is 46.6 Å². The number of likely N-dealkylation sites (tertiary alicyclic amines) is 1. The second kappa shape index (κ2) is 19.6. The van der Waals surface area contributed by atoms with Gasteiger partial charge in [0, 0.05) is 24.7 Å². The van der Waals surface area contributed by atoms with Crippen LogP contribution in [0.3, 0.4) is 0 Å². The monoisotopic (exact) mass is 468 g/mol. The van der Waals surface area contributed by atoms with Crippen molar-refractivity contribution < 1.29 is 14.4 Å². The van der Waals surface area contributed by atoms with Crippen LogP contribution in [0.15, 0.2) is 11.6 Å². The van der Waals surface area contributed by atoms with Crippen molar-refractivity contribution in [3.63, 3.8) is 0 Å². The molecule has 0 aromatic carbocycles. The first-order valence-corrected chi connectivity index (χ1v) is 12.6. The van der Waals surface area contributed by atoms with Gasteiger partial charge < -0.3 is 20.4 Å². The molecule has 1 atom stereocenters. The van der Waals surface area contributed by atoms with Gasteiger partial charge in [0.25, 0.3) is 0 Å². The lowest BCUT2D eigenvalue weighted by atomic mass is 9.99. The molecule has 0 unspecified atom stereocenters. The number of rotatable bonds is 9. The van der Waals surface area contributed by atoms with Crippen LogP contribution in [0.25, 0.3) is 0 Å². The van der Waals surface area contributed by atoms with E-state index >= 15 is 0 Å². The van der Waals surface area contributed by atoms with Crippen LogP contribution in [-0.2, 0) is 14.4 Å². The predicted molar refractivity (Wildman–Crippen MR) is 139 cm³/mol. The Morgan fingerprint density at radius 1 is 1.00 bits per heavy atom. The highest BCUT2D eigenvalue weighted by Crippen LogP contribution is 2.14. The average molecular weight is 469 g/mol. The third-order valence-corrected chi connectivity index (χ3v) is 5.18. The van der Waals surface area contributed by atoms with E-state index in [0.717, 1.165) is 6.04 Å². The number of nitrogens with one attached hydrogen (secondary N) is 2. The normalized spacial score (nSPS) is 15.1. The summed E-state index contributed by atoms with van der Waals surface area (Å²) in [4.78, 5) is 38.3. The molecule has 1 heterocycles. The highest BCUT2D eigenvalue weighted by Gasteiger charge is 2.22. The van der Waals surface area contributed by atoms with Gasteiger partial charge in [-0.15, -0.1) is 0 Å². The molecule has 7 heteroatoms. The maximum atomic E-state index is 12.0.